The summed E-state index contributed by atoms with van der Waals surface area (Å²) in [5.74, 6) is -0.206. The van der Waals surface area contributed by atoms with Crippen molar-refractivity contribution in [2.45, 2.75) is 45.6 Å². The number of likely N-dealkylation sites (tertiary alicyclic amines) is 1. The van der Waals surface area contributed by atoms with Crippen molar-refractivity contribution in [2.75, 3.05) is 31.6 Å². The summed E-state index contributed by atoms with van der Waals surface area (Å²) in [6, 6.07) is 0.500. The highest BCUT2D eigenvalue weighted by molar-refractivity contribution is 7.13. The number of piperidine rings is 1. The second-order valence-electron chi connectivity index (χ2n) is 5.39. The summed E-state index contributed by atoms with van der Waals surface area (Å²) in [5.41, 5.74) is 0.796. The maximum atomic E-state index is 11.4. The number of carbonyl (C=O) groups excluding carboxylic acids is 1. The summed E-state index contributed by atoms with van der Waals surface area (Å²) >= 11 is 1.57. The van der Waals surface area contributed by atoms with E-state index < -0.39 is 0 Å². The molecule has 0 aromatic carbocycles. The molecule has 2 rings (SSSR count). The van der Waals surface area contributed by atoms with Crippen LogP contribution in [0.15, 0.2) is 5.38 Å². The average molecular weight is 311 g/mol. The quantitative estimate of drug-likeness (QED) is 0.784. The van der Waals surface area contributed by atoms with Gasteiger partial charge in [-0.1, -0.05) is 6.92 Å². The highest BCUT2D eigenvalue weighted by Gasteiger charge is 2.19. The van der Waals surface area contributed by atoms with Crippen LogP contribution in [0.2, 0.25) is 0 Å². The SMILES string of the molecule is CCCN1CCC(Nc2nc(CC(=O)OCC)cs2)CC1. The van der Waals surface area contributed by atoms with E-state index >= 15 is 0 Å². The Kier molecular flexibility index (Phi) is 6.45. The summed E-state index contributed by atoms with van der Waals surface area (Å²) in [5, 5.41) is 6.35. The number of thiazole rings is 1. The minimum absolute atomic E-state index is 0.206. The van der Waals surface area contributed by atoms with Crippen LogP contribution in [0.5, 0.6) is 0 Å². The molecule has 0 saturated carbocycles. The number of anilines is 1. The summed E-state index contributed by atoms with van der Waals surface area (Å²) in [6.07, 6.45) is 3.81. The molecule has 1 fully saturated rings. The second-order valence-corrected chi connectivity index (χ2v) is 6.24. The molecule has 6 heteroatoms. The van der Waals surface area contributed by atoms with E-state index in [0.29, 0.717) is 12.6 Å². The normalized spacial score (nSPS) is 16.9. The van der Waals surface area contributed by atoms with Gasteiger partial charge in [-0.15, -0.1) is 11.3 Å². The van der Waals surface area contributed by atoms with Crippen LogP contribution in [0, 0.1) is 0 Å². The van der Waals surface area contributed by atoms with Crippen molar-refractivity contribution in [3.05, 3.63) is 11.1 Å². The third-order valence-electron chi connectivity index (χ3n) is 3.64. The van der Waals surface area contributed by atoms with E-state index in [-0.39, 0.29) is 12.4 Å². The fraction of sp³-hybridized carbons (Fsp3) is 0.733. The summed E-state index contributed by atoms with van der Waals surface area (Å²) in [6.45, 7) is 7.99. The van der Waals surface area contributed by atoms with Gasteiger partial charge in [0.15, 0.2) is 5.13 Å². The van der Waals surface area contributed by atoms with Gasteiger partial charge in [0.25, 0.3) is 0 Å². The van der Waals surface area contributed by atoms with E-state index in [4.69, 9.17) is 4.74 Å². The van der Waals surface area contributed by atoms with Crippen LogP contribution in [-0.4, -0.2) is 48.1 Å². The molecule has 0 spiro atoms. The van der Waals surface area contributed by atoms with Crippen LogP contribution in [0.25, 0.3) is 0 Å². The molecular weight excluding hydrogens is 286 g/mol. The van der Waals surface area contributed by atoms with Crippen LogP contribution in [0.4, 0.5) is 5.13 Å². The lowest BCUT2D eigenvalue weighted by molar-refractivity contribution is -0.142. The van der Waals surface area contributed by atoms with Gasteiger partial charge in [0.05, 0.1) is 18.7 Å². The second kappa shape index (κ2) is 8.34. The van der Waals surface area contributed by atoms with Crippen LogP contribution >= 0.6 is 11.3 Å². The minimum Gasteiger partial charge on any atom is -0.466 e. The molecule has 0 aliphatic carbocycles. The van der Waals surface area contributed by atoms with Crippen LogP contribution < -0.4 is 5.32 Å². The summed E-state index contributed by atoms with van der Waals surface area (Å²) in [4.78, 5) is 18.4. The van der Waals surface area contributed by atoms with E-state index in [1.54, 1.807) is 11.3 Å². The smallest absolute Gasteiger partial charge is 0.311 e. The molecular formula is C15H25N3O2S. The minimum atomic E-state index is -0.206. The first-order valence-electron chi connectivity index (χ1n) is 7.80. The Balaban J connectivity index is 1.76. The van der Waals surface area contributed by atoms with Crippen molar-refractivity contribution in [1.29, 1.82) is 0 Å². The highest BCUT2D eigenvalue weighted by atomic mass is 32.1. The highest BCUT2D eigenvalue weighted by Crippen LogP contribution is 2.21. The Hall–Kier alpha value is -1.14. The molecule has 118 valence electrons. The topological polar surface area (TPSA) is 54.5 Å². The van der Waals surface area contributed by atoms with Crippen molar-refractivity contribution in [1.82, 2.24) is 9.88 Å². The first kappa shape index (κ1) is 16.2. The van der Waals surface area contributed by atoms with E-state index in [9.17, 15) is 4.79 Å². The predicted molar refractivity (Wildman–Crippen MR) is 85.8 cm³/mol. The van der Waals surface area contributed by atoms with Gasteiger partial charge < -0.3 is 15.0 Å². The molecule has 1 aliphatic rings. The number of rotatable bonds is 7. The van der Waals surface area contributed by atoms with Gasteiger partial charge in [-0.3, -0.25) is 4.79 Å². The third-order valence-corrected chi connectivity index (χ3v) is 4.46. The Bertz CT molecular complexity index is 442. The number of aromatic nitrogens is 1. The molecule has 0 radical (unpaired) electrons. The van der Waals surface area contributed by atoms with Crippen molar-refractivity contribution in [2.24, 2.45) is 0 Å². The lowest BCUT2D eigenvalue weighted by Crippen LogP contribution is -2.39. The monoisotopic (exact) mass is 311 g/mol. The van der Waals surface area contributed by atoms with Crippen molar-refractivity contribution >= 4 is 22.4 Å². The maximum Gasteiger partial charge on any atom is 0.311 e. The molecule has 0 atom stereocenters. The van der Waals surface area contributed by atoms with Gasteiger partial charge in [-0.05, 0) is 32.7 Å². The van der Waals surface area contributed by atoms with Crippen LogP contribution in [0.1, 0.15) is 38.8 Å². The van der Waals surface area contributed by atoms with Crippen LogP contribution in [-0.2, 0) is 16.0 Å². The predicted octanol–water partition coefficient (Wildman–Crippen LogP) is 2.54. The van der Waals surface area contributed by atoms with Gasteiger partial charge in [0.1, 0.15) is 0 Å². The zero-order valence-corrected chi connectivity index (χ0v) is 13.7. The fourth-order valence-corrected chi connectivity index (χ4v) is 3.39. The lowest BCUT2D eigenvalue weighted by Gasteiger charge is -2.31. The number of hydrogen-bond acceptors (Lipinski definition) is 6. The third kappa shape index (κ3) is 5.28. The van der Waals surface area contributed by atoms with Gasteiger partial charge in [-0.25, -0.2) is 4.98 Å². The van der Waals surface area contributed by atoms with Crippen molar-refractivity contribution < 1.29 is 9.53 Å². The molecule has 2 heterocycles. The van der Waals surface area contributed by atoms with Crippen LogP contribution in [0.3, 0.4) is 0 Å². The molecule has 1 aromatic heterocycles. The Labute approximate surface area is 130 Å². The Morgan fingerprint density at radius 3 is 2.90 bits per heavy atom. The van der Waals surface area contributed by atoms with E-state index in [1.165, 1.54) is 13.0 Å². The number of esters is 1. The number of nitrogens with one attached hydrogen (secondary N) is 1. The standard InChI is InChI=1S/C15H25N3O2S/c1-3-7-18-8-5-12(6-9-18)16-15-17-13(11-21-15)10-14(19)20-4-2/h11-12H,3-10H2,1-2H3,(H,16,17). The molecule has 0 bridgehead atoms. The Morgan fingerprint density at radius 2 is 2.24 bits per heavy atom. The summed E-state index contributed by atoms with van der Waals surface area (Å²) in [7, 11) is 0. The van der Waals surface area contributed by atoms with Crippen molar-refractivity contribution in [3.63, 3.8) is 0 Å². The fourth-order valence-electron chi connectivity index (χ4n) is 2.61. The largest absolute Gasteiger partial charge is 0.466 e. The molecule has 21 heavy (non-hydrogen) atoms. The molecule has 1 N–H and O–H groups in total. The zero-order chi connectivity index (χ0) is 15.1. The average Bonchev–Trinajstić information content (AvgIpc) is 2.89. The van der Waals surface area contributed by atoms with Gasteiger partial charge >= 0.3 is 5.97 Å². The van der Waals surface area contributed by atoms with Gasteiger partial charge in [-0.2, -0.15) is 0 Å². The molecule has 5 nitrogen and oxygen atoms in total. The zero-order valence-electron chi connectivity index (χ0n) is 12.9. The maximum absolute atomic E-state index is 11.4. The first-order valence-corrected chi connectivity index (χ1v) is 8.68. The molecule has 0 unspecified atom stereocenters. The van der Waals surface area contributed by atoms with E-state index in [0.717, 1.165) is 36.8 Å². The number of carbonyl (C=O) groups is 1. The van der Waals surface area contributed by atoms with Gasteiger partial charge in [0.2, 0.25) is 0 Å². The molecule has 1 saturated heterocycles. The molecule has 1 aliphatic heterocycles. The number of ether oxygens (including phenoxy) is 1. The first-order chi connectivity index (χ1) is 10.2. The van der Waals surface area contributed by atoms with E-state index in [2.05, 4.69) is 22.1 Å². The number of hydrogen-bond donors (Lipinski definition) is 1. The van der Waals surface area contributed by atoms with Crippen molar-refractivity contribution in [3.8, 4) is 0 Å². The number of nitrogens with zero attached hydrogens (tertiary/aromatic N) is 2. The molecule has 1 aromatic rings. The van der Waals surface area contributed by atoms with Gasteiger partial charge in [0, 0.05) is 24.5 Å². The lowest BCUT2D eigenvalue weighted by atomic mass is 10.1. The molecule has 0 amide bonds. The Morgan fingerprint density at radius 1 is 1.48 bits per heavy atom. The van der Waals surface area contributed by atoms with E-state index in [1.807, 2.05) is 12.3 Å². The summed E-state index contributed by atoms with van der Waals surface area (Å²) < 4.78 is 4.94.